The van der Waals surface area contributed by atoms with Gasteiger partial charge < -0.3 is 10.2 Å². The second kappa shape index (κ2) is 7.35. The molecule has 0 saturated carbocycles. The van der Waals surface area contributed by atoms with Crippen molar-refractivity contribution in [2.24, 2.45) is 0 Å². The summed E-state index contributed by atoms with van der Waals surface area (Å²) in [5.74, 6) is -0.164. The van der Waals surface area contributed by atoms with Crippen molar-refractivity contribution >= 4 is 17.2 Å². The summed E-state index contributed by atoms with van der Waals surface area (Å²) < 4.78 is 0. The molecule has 0 unspecified atom stereocenters. The number of piperidine rings is 1. The lowest BCUT2D eigenvalue weighted by molar-refractivity contribution is -0.384. The Hall–Kier alpha value is -1.95. The van der Waals surface area contributed by atoms with Gasteiger partial charge in [0.05, 0.1) is 4.92 Å². The fourth-order valence-electron chi connectivity index (χ4n) is 2.86. The molecule has 1 fully saturated rings. The number of Topliss-reactive ketones (excluding diaryl/α,β-unsaturated/α-hetero) is 1. The third-order valence-corrected chi connectivity index (χ3v) is 4.09. The Kier molecular flexibility index (Phi) is 5.49. The standard InChI is InChI=1S/C16H23N3O3/c1-3-8-18-9-6-14(7-10-18)17-15-5-4-13(12(2)20)11-16(15)19(21)22/h4-5,11,14,17H,3,6-10H2,1-2H3. The molecule has 1 aliphatic rings. The van der Waals surface area contributed by atoms with Crippen LogP contribution in [0.3, 0.4) is 0 Å². The highest BCUT2D eigenvalue weighted by Gasteiger charge is 2.22. The summed E-state index contributed by atoms with van der Waals surface area (Å²) in [7, 11) is 0. The summed E-state index contributed by atoms with van der Waals surface area (Å²) in [6, 6.07) is 4.89. The first-order chi connectivity index (χ1) is 10.5. The molecule has 22 heavy (non-hydrogen) atoms. The highest BCUT2D eigenvalue weighted by Crippen LogP contribution is 2.28. The lowest BCUT2D eigenvalue weighted by Gasteiger charge is -2.32. The molecule has 0 aliphatic carbocycles. The first kappa shape index (κ1) is 16.4. The van der Waals surface area contributed by atoms with E-state index in [2.05, 4.69) is 17.1 Å². The number of nitrogens with one attached hydrogen (secondary N) is 1. The van der Waals surface area contributed by atoms with E-state index in [1.807, 2.05) is 0 Å². The number of ketones is 1. The van der Waals surface area contributed by atoms with Gasteiger partial charge in [-0.15, -0.1) is 0 Å². The zero-order valence-corrected chi connectivity index (χ0v) is 13.2. The molecule has 0 bridgehead atoms. The summed E-state index contributed by atoms with van der Waals surface area (Å²) in [5, 5.41) is 14.5. The van der Waals surface area contributed by atoms with Crippen molar-refractivity contribution in [3.05, 3.63) is 33.9 Å². The number of benzene rings is 1. The number of nitro groups is 1. The highest BCUT2D eigenvalue weighted by atomic mass is 16.6. The quantitative estimate of drug-likeness (QED) is 0.496. The maximum atomic E-state index is 11.4. The number of hydrogen-bond acceptors (Lipinski definition) is 5. The molecule has 1 aromatic carbocycles. The van der Waals surface area contributed by atoms with Crippen molar-refractivity contribution in [2.45, 2.75) is 39.2 Å². The van der Waals surface area contributed by atoms with Gasteiger partial charge in [0, 0.05) is 30.8 Å². The second-order valence-corrected chi connectivity index (χ2v) is 5.81. The molecule has 1 aliphatic heterocycles. The van der Waals surface area contributed by atoms with E-state index in [4.69, 9.17) is 0 Å². The molecule has 6 nitrogen and oxygen atoms in total. The molecule has 2 rings (SSSR count). The van der Waals surface area contributed by atoms with Crippen molar-refractivity contribution in [3.8, 4) is 0 Å². The molecule has 0 spiro atoms. The van der Waals surface area contributed by atoms with Crippen LogP contribution in [0, 0.1) is 10.1 Å². The number of nitro benzene ring substituents is 1. The average molecular weight is 305 g/mol. The van der Waals surface area contributed by atoms with Crippen molar-refractivity contribution in [1.82, 2.24) is 4.90 Å². The zero-order chi connectivity index (χ0) is 16.1. The van der Waals surface area contributed by atoms with Crippen molar-refractivity contribution in [2.75, 3.05) is 25.0 Å². The second-order valence-electron chi connectivity index (χ2n) is 5.81. The Bertz CT molecular complexity index is 552. The highest BCUT2D eigenvalue weighted by molar-refractivity contribution is 5.95. The average Bonchev–Trinajstić information content (AvgIpc) is 2.49. The van der Waals surface area contributed by atoms with E-state index < -0.39 is 4.92 Å². The van der Waals surface area contributed by atoms with Crippen LogP contribution in [-0.4, -0.2) is 41.3 Å². The van der Waals surface area contributed by atoms with Crippen LogP contribution in [-0.2, 0) is 0 Å². The number of carbonyl (C=O) groups is 1. The van der Waals surface area contributed by atoms with E-state index in [1.165, 1.54) is 13.0 Å². The van der Waals surface area contributed by atoms with E-state index in [-0.39, 0.29) is 17.5 Å². The zero-order valence-electron chi connectivity index (χ0n) is 13.2. The number of nitrogens with zero attached hydrogens (tertiary/aromatic N) is 2. The van der Waals surface area contributed by atoms with E-state index in [0.717, 1.165) is 38.9 Å². The van der Waals surface area contributed by atoms with Crippen LogP contribution in [0.1, 0.15) is 43.5 Å². The normalized spacial score (nSPS) is 16.5. The minimum absolute atomic E-state index is 0.0244. The van der Waals surface area contributed by atoms with Gasteiger partial charge in [0.15, 0.2) is 5.78 Å². The number of likely N-dealkylation sites (tertiary alicyclic amines) is 1. The van der Waals surface area contributed by atoms with Gasteiger partial charge in [-0.25, -0.2) is 0 Å². The van der Waals surface area contributed by atoms with Gasteiger partial charge in [-0.2, -0.15) is 0 Å². The SMILES string of the molecule is CCCN1CCC(Nc2ccc(C(C)=O)cc2[N+](=O)[O-])CC1. The van der Waals surface area contributed by atoms with Crippen LogP contribution in [0.4, 0.5) is 11.4 Å². The van der Waals surface area contributed by atoms with Crippen molar-refractivity contribution in [3.63, 3.8) is 0 Å². The number of hydrogen-bond donors (Lipinski definition) is 1. The molecule has 0 radical (unpaired) electrons. The molecule has 1 heterocycles. The molecule has 1 saturated heterocycles. The van der Waals surface area contributed by atoms with Crippen LogP contribution < -0.4 is 5.32 Å². The van der Waals surface area contributed by atoms with Gasteiger partial charge in [-0.05, 0) is 44.9 Å². The number of carbonyl (C=O) groups excluding carboxylic acids is 1. The minimum Gasteiger partial charge on any atom is -0.377 e. The van der Waals surface area contributed by atoms with Crippen molar-refractivity contribution in [1.29, 1.82) is 0 Å². The van der Waals surface area contributed by atoms with E-state index in [0.29, 0.717) is 11.3 Å². The van der Waals surface area contributed by atoms with Crippen LogP contribution in [0.25, 0.3) is 0 Å². The molecule has 1 N–H and O–H groups in total. The predicted octanol–water partition coefficient (Wildman–Crippen LogP) is 3.08. The summed E-state index contributed by atoms with van der Waals surface area (Å²) in [4.78, 5) is 24.6. The number of anilines is 1. The lowest BCUT2D eigenvalue weighted by Crippen LogP contribution is -2.39. The van der Waals surface area contributed by atoms with Crippen LogP contribution in [0.15, 0.2) is 18.2 Å². The third kappa shape index (κ3) is 4.04. The molecule has 6 heteroatoms. The molecular weight excluding hydrogens is 282 g/mol. The van der Waals surface area contributed by atoms with Crippen LogP contribution in [0.2, 0.25) is 0 Å². The Morgan fingerprint density at radius 3 is 2.64 bits per heavy atom. The fraction of sp³-hybridized carbons (Fsp3) is 0.562. The molecule has 0 atom stereocenters. The lowest BCUT2D eigenvalue weighted by atomic mass is 10.0. The Morgan fingerprint density at radius 2 is 2.09 bits per heavy atom. The van der Waals surface area contributed by atoms with Gasteiger partial charge in [-0.1, -0.05) is 6.92 Å². The molecule has 0 aromatic heterocycles. The number of rotatable bonds is 6. The Morgan fingerprint density at radius 1 is 1.41 bits per heavy atom. The Balaban J connectivity index is 2.07. The van der Waals surface area contributed by atoms with Gasteiger partial charge in [0.1, 0.15) is 5.69 Å². The maximum Gasteiger partial charge on any atom is 0.293 e. The third-order valence-electron chi connectivity index (χ3n) is 4.09. The molecule has 120 valence electrons. The fourth-order valence-corrected chi connectivity index (χ4v) is 2.86. The van der Waals surface area contributed by atoms with Gasteiger partial charge in [-0.3, -0.25) is 14.9 Å². The van der Waals surface area contributed by atoms with Crippen LogP contribution in [0.5, 0.6) is 0 Å². The molecule has 1 aromatic rings. The summed E-state index contributed by atoms with van der Waals surface area (Å²) in [6.07, 6.45) is 3.10. The van der Waals surface area contributed by atoms with E-state index >= 15 is 0 Å². The summed E-state index contributed by atoms with van der Waals surface area (Å²) >= 11 is 0. The van der Waals surface area contributed by atoms with E-state index in [1.54, 1.807) is 12.1 Å². The van der Waals surface area contributed by atoms with E-state index in [9.17, 15) is 14.9 Å². The van der Waals surface area contributed by atoms with Crippen molar-refractivity contribution < 1.29 is 9.72 Å². The van der Waals surface area contributed by atoms with Gasteiger partial charge in [0.2, 0.25) is 0 Å². The maximum absolute atomic E-state index is 11.4. The summed E-state index contributed by atoms with van der Waals surface area (Å²) in [6.45, 7) is 6.73. The molecular formula is C16H23N3O3. The Labute approximate surface area is 130 Å². The van der Waals surface area contributed by atoms with Crippen LogP contribution >= 0.6 is 0 Å². The first-order valence-electron chi connectivity index (χ1n) is 7.79. The smallest absolute Gasteiger partial charge is 0.293 e. The first-order valence-corrected chi connectivity index (χ1v) is 7.79. The molecule has 0 amide bonds. The monoisotopic (exact) mass is 305 g/mol. The summed E-state index contributed by atoms with van der Waals surface area (Å²) in [5.41, 5.74) is 0.850. The largest absolute Gasteiger partial charge is 0.377 e. The van der Waals surface area contributed by atoms with Gasteiger partial charge >= 0.3 is 0 Å². The van der Waals surface area contributed by atoms with Gasteiger partial charge in [0.25, 0.3) is 5.69 Å². The topological polar surface area (TPSA) is 75.5 Å². The predicted molar refractivity (Wildman–Crippen MR) is 86.5 cm³/mol. The minimum atomic E-state index is -0.430.